The second-order valence-corrected chi connectivity index (χ2v) is 4.52. The van der Waals surface area contributed by atoms with Gasteiger partial charge in [0.15, 0.2) is 10.8 Å². The first-order valence-corrected chi connectivity index (χ1v) is 6.30. The van der Waals surface area contributed by atoms with Crippen LogP contribution in [0.1, 0.15) is 11.3 Å². The van der Waals surface area contributed by atoms with Gasteiger partial charge in [-0.25, -0.2) is 4.98 Å². The van der Waals surface area contributed by atoms with Crippen LogP contribution < -0.4 is 11.5 Å². The van der Waals surface area contributed by atoms with Gasteiger partial charge in [-0.1, -0.05) is 35.5 Å². The zero-order chi connectivity index (χ0) is 13.7. The summed E-state index contributed by atoms with van der Waals surface area (Å²) in [6, 6.07) is 9.46. The van der Waals surface area contributed by atoms with Crippen molar-refractivity contribution in [3.05, 3.63) is 47.0 Å². The molecule has 1 amide bonds. The Morgan fingerprint density at radius 3 is 2.68 bits per heavy atom. The molecule has 0 saturated heterocycles. The molecule has 19 heavy (non-hydrogen) atoms. The molecule has 0 aliphatic carbocycles. The normalized spacial score (nSPS) is 11.3. The number of amides is 1. The number of aromatic nitrogens is 1. The van der Waals surface area contributed by atoms with E-state index in [0.717, 1.165) is 5.56 Å². The van der Waals surface area contributed by atoms with E-state index in [1.807, 2.05) is 30.3 Å². The number of primary amides is 1. The van der Waals surface area contributed by atoms with Crippen molar-refractivity contribution in [2.45, 2.75) is 6.61 Å². The summed E-state index contributed by atoms with van der Waals surface area (Å²) in [4.78, 5) is 20.3. The molecule has 1 aromatic carbocycles. The number of anilines is 1. The summed E-state index contributed by atoms with van der Waals surface area (Å²) in [5, 5.41) is 5.67. The third-order valence-electron chi connectivity index (χ3n) is 2.23. The monoisotopic (exact) mass is 276 g/mol. The molecule has 1 aromatic heterocycles. The highest BCUT2D eigenvalue weighted by atomic mass is 32.1. The molecule has 2 rings (SSSR count). The Kier molecular flexibility index (Phi) is 4.09. The van der Waals surface area contributed by atoms with Crippen LogP contribution in [0, 0.1) is 0 Å². The second-order valence-electron chi connectivity index (χ2n) is 3.63. The molecule has 0 saturated carbocycles. The predicted octanol–water partition coefficient (Wildman–Crippen LogP) is 1.13. The summed E-state index contributed by atoms with van der Waals surface area (Å²) >= 11 is 1.20. The lowest BCUT2D eigenvalue weighted by Gasteiger charge is -2.01. The fraction of sp³-hybridized carbons (Fsp3) is 0.0833. The van der Waals surface area contributed by atoms with Crippen LogP contribution >= 0.6 is 11.3 Å². The number of hydrogen-bond donors (Lipinski definition) is 2. The van der Waals surface area contributed by atoms with Crippen molar-refractivity contribution < 1.29 is 9.63 Å². The molecule has 0 atom stereocenters. The van der Waals surface area contributed by atoms with E-state index in [1.54, 1.807) is 5.38 Å². The number of carbonyl (C=O) groups is 1. The van der Waals surface area contributed by atoms with Crippen molar-refractivity contribution in [3.63, 3.8) is 0 Å². The van der Waals surface area contributed by atoms with E-state index in [-0.39, 0.29) is 12.3 Å². The highest BCUT2D eigenvalue weighted by Crippen LogP contribution is 2.12. The van der Waals surface area contributed by atoms with Crippen LogP contribution in [0.4, 0.5) is 5.13 Å². The number of nitrogen functional groups attached to an aromatic ring is 1. The summed E-state index contributed by atoms with van der Waals surface area (Å²) in [6.07, 6.45) is 0. The van der Waals surface area contributed by atoms with Gasteiger partial charge in [-0.15, -0.1) is 11.3 Å². The summed E-state index contributed by atoms with van der Waals surface area (Å²) in [6.45, 7) is 0.247. The number of benzene rings is 1. The summed E-state index contributed by atoms with van der Waals surface area (Å²) in [7, 11) is 0. The SMILES string of the molecule is NC(=O)C(=NOCc1ccccc1)c1csc(N)n1. The Morgan fingerprint density at radius 1 is 1.37 bits per heavy atom. The number of nitrogens with zero attached hydrogens (tertiary/aromatic N) is 2. The maximum absolute atomic E-state index is 11.3. The van der Waals surface area contributed by atoms with E-state index in [2.05, 4.69) is 10.1 Å². The molecule has 0 aliphatic heterocycles. The first-order valence-electron chi connectivity index (χ1n) is 5.42. The minimum Gasteiger partial charge on any atom is -0.390 e. The second kappa shape index (κ2) is 5.96. The maximum atomic E-state index is 11.3. The lowest BCUT2D eigenvalue weighted by molar-refractivity contribution is -0.112. The standard InChI is InChI=1S/C12H12N4O2S/c13-11(17)10(9-7-19-12(14)15-9)16-18-6-8-4-2-1-3-5-8/h1-5,7H,6H2,(H2,13,17)(H2,14,15). The van der Waals surface area contributed by atoms with Crippen molar-refractivity contribution in [1.29, 1.82) is 0 Å². The van der Waals surface area contributed by atoms with Gasteiger partial charge in [0.1, 0.15) is 12.3 Å². The van der Waals surface area contributed by atoms with E-state index in [1.165, 1.54) is 11.3 Å². The predicted molar refractivity (Wildman–Crippen MR) is 73.5 cm³/mol. The van der Waals surface area contributed by atoms with Gasteiger partial charge in [0.25, 0.3) is 5.91 Å². The average Bonchev–Trinajstić information content (AvgIpc) is 2.82. The Morgan fingerprint density at radius 2 is 2.11 bits per heavy atom. The molecular formula is C12H12N4O2S. The van der Waals surface area contributed by atoms with Crippen LogP contribution in [0.2, 0.25) is 0 Å². The third-order valence-corrected chi connectivity index (χ3v) is 2.90. The molecule has 98 valence electrons. The largest absolute Gasteiger partial charge is 0.390 e. The van der Waals surface area contributed by atoms with Crippen LogP contribution in [-0.2, 0) is 16.2 Å². The van der Waals surface area contributed by atoms with Gasteiger partial charge in [-0.3, -0.25) is 4.79 Å². The lowest BCUT2D eigenvalue weighted by atomic mass is 10.2. The number of rotatable bonds is 5. The molecule has 0 spiro atoms. The molecule has 7 heteroatoms. The molecule has 4 N–H and O–H groups in total. The fourth-order valence-corrected chi connectivity index (χ4v) is 1.91. The Hall–Kier alpha value is -2.41. The molecule has 0 fully saturated rings. The van der Waals surface area contributed by atoms with E-state index < -0.39 is 5.91 Å². The number of hydrogen-bond acceptors (Lipinski definition) is 6. The van der Waals surface area contributed by atoms with Crippen LogP contribution in [0.3, 0.4) is 0 Å². The summed E-state index contributed by atoms with van der Waals surface area (Å²) in [5.41, 5.74) is 11.9. The quantitative estimate of drug-likeness (QED) is 0.631. The number of oxime groups is 1. The van der Waals surface area contributed by atoms with Gasteiger partial charge in [0, 0.05) is 5.38 Å². The van der Waals surface area contributed by atoms with Gasteiger partial charge in [-0.2, -0.15) is 0 Å². The third kappa shape index (κ3) is 3.52. The number of thiazole rings is 1. The smallest absolute Gasteiger partial charge is 0.273 e. The van der Waals surface area contributed by atoms with Crippen molar-refractivity contribution in [2.75, 3.05) is 5.73 Å². The van der Waals surface area contributed by atoms with Gasteiger partial charge < -0.3 is 16.3 Å². The average molecular weight is 276 g/mol. The Labute approximate surface area is 113 Å². The highest BCUT2D eigenvalue weighted by molar-refractivity contribution is 7.13. The van der Waals surface area contributed by atoms with E-state index >= 15 is 0 Å². The molecule has 0 aliphatic rings. The zero-order valence-electron chi connectivity index (χ0n) is 9.95. The minimum atomic E-state index is -0.710. The molecule has 6 nitrogen and oxygen atoms in total. The highest BCUT2D eigenvalue weighted by Gasteiger charge is 2.14. The van der Waals surface area contributed by atoms with Crippen LogP contribution in [0.15, 0.2) is 40.9 Å². The van der Waals surface area contributed by atoms with E-state index in [0.29, 0.717) is 10.8 Å². The number of carbonyl (C=O) groups excluding carboxylic acids is 1. The fourth-order valence-electron chi connectivity index (χ4n) is 1.36. The maximum Gasteiger partial charge on any atom is 0.273 e. The molecular weight excluding hydrogens is 264 g/mol. The first-order chi connectivity index (χ1) is 9.16. The minimum absolute atomic E-state index is 0.0381. The molecule has 0 bridgehead atoms. The van der Waals surface area contributed by atoms with Crippen molar-refractivity contribution >= 4 is 28.1 Å². The molecule has 1 heterocycles. The molecule has 0 radical (unpaired) electrons. The van der Waals surface area contributed by atoms with Crippen LogP contribution in [0.25, 0.3) is 0 Å². The van der Waals surface area contributed by atoms with Crippen LogP contribution in [-0.4, -0.2) is 16.6 Å². The van der Waals surface area contributed by atoms with Crippen molar-refractivity contribution in [1.82, 2.24) is 4.98 Å². The van der Waals surface area contributed by atoms with Gasteiger partial charge in [0.2, 0.25) is 0 Å². The van der Waals surface area contributed by atoms with E-state index in [4.69, 9.17) is 16.3 Å². The Balaban J connectivity index is 2.08. The zero-order valence-corrected chi connectivity index (χ0v) is 10.8. The van der Waals surface area contributed by atoms with Crippen molar-refractivity contribution in [3.8, 4) is 0 Å². The first kappa shape index (κ1) is 13.0. The lowest BCUT2D eigenvalue weighted by Crippen LogP contribution is -2.25. The summed E-state index contributed by atoms with van der Waals surface area (Å²) < 4.78 is 0. The van der Waals surface area contributed by atoms with E-state index in [9.17, 15) is 4.79 Å². The van der Waals surface area contributed by atoms with Crippen LogP contribution in [0.5, 0.6) is 0 Å². The van der Waals surface area contributed by atoms with Gasteiger partial charge >= 0.3 is 0 Å². The number of nitrogens with two attached hydrogens (primary N) is 2. The summed E-state index contributed by atoms with van der Waals surface area (Å²) in [5.74, 6) is -0.710. The topological polar surface area (TPSA) is 104 Å². The van der Waals surface area contributed by atoms with Crippen molar-refractivity contribution in [2.24, 2.45) is 10.9 Å². The molecule has 2 aromatic rings. The Bertz CT molecular complexity index is 595. The van der Waals surface area contributed by atoms with Gasteiger partial charge in [0.05, 0.1) is 0 Å². The van der Waals surface area contributed by atoms with Gasteiger partial charge in [-0.05, 0) is 5.56 Å². The molecule has 0 unspecified atom stereocenters.